The van der Waals surface area contributed by atoms with Crippen molar-refractivity contribution in [3.05, 3.63) is 48.6 Å². The summed E-state index contributed by atoms with van der Waals surface area (Å²) in [6.07, 6.45) is 80.9. The molecule has 542 valence electrons. The van der Waals surface area contributed by atoms with Crippen LogP contribution in [0, 0.1) is 0 Å². The summed E-state index contributed by atoms with van der Waals surface area (Å²) in [5, 5.41) is 76.7. The lowest BCUT2D eigenvalue weighted by atomic mass is 9.98. The molecule has 8 N–H and O–H groups in total. The summed E-state index contributed by atoms with van der Waals surface area (Å²) in [6.45, 7) is 3.50. The summed E-state index contributed by atoms with van der Waals surface area (Å²) in [7, 11) is 0. The molecule has 0 radical (unpaired) electrons. The number of aliphatic hydroxyl groups excluding tert-OH is 7. The van der Waals surface area contributed by atoms with Gasteiger partial charge in [0.15, 0.2) is 6.29 Å². The highest BCUT2D eigenvalue weighted by molar-refractivity contribution is 5.80. The summed E-state index contributed by atoms with van der Waals surface area (Å²) in [6, 6.07) is -1.20. The van der Waals surface area contributed by atoms with Crippen molar-refractivity contribution >= 4 is 5.91 Å². The molecule has 0 aromatic heterocycles. The van der Waals surface area contributed by atoms with E-state index in [-0.39, 0.29) is 12.8 Å². The van der Waals surface area contributed by atoms with Crippen LogP contribution in [0.3, 0.4) is 0 Å². The Morgan fingerprint density at radius 2 is 0.652 bits per heavy atom. The fourth-order valence-corrected chi connectivity index (χ4v) is 12.9. The Morgan fingerprint density at radius 1 is 0.370 bits per heavy atom. The Morgan fingerprint density at radius 3 is 0.967 bits per heavy atom. The van der Waals surface area contributed by atoms with Crippen LogP contribution in [0.2, 0.25) is 0 Å². The van der Waals surface area contributed by atoms with Gasteiger partial charge in [0, 0.05) is 0 Å². The van der Waals surface area contributed by atoms with Crippen LogP contribution in [0.25, 0.3) is 0 Å². The van der Waals surface area contributed by atoms with E-state index in [0.29, 0.717) is 19.3 Å². The Labute approximate surface area is 568 Å². The molecule has 9 unspecified atom stereocenters. The van der Waals surface area contributed by atoms with Crippen molar-refractivity contribution in [3.8, 4) is 0 Å². The minimum atomic E-state index is -1.68. The first kappa shape index (κ1) is 88.1. The molecular weight excluding hydrogens is 1150 g/mol. The van der Waals surface area contributed by atoms with Gasteiger partial charge in [0.25, 0.3) is 0 Å². The van der Waals surface area contributed by atoms with Crippen LogP contribution >= 0.6 is 0 Å². The van der Waals surface area contributed by atoms with Crippen molar-refractivity contribution in [2.75, 3.05) is 13.2 Å². The van der Waals surface area contributed by atoms with Gasteiger partial charge in [-0.3, -0.25) is 4.79 Å². The van der Waals surface area contributed by atoms with Crippen LogP contribution in [0.1, 0.15) is 393 Å². The Hall–Kier alpha value is -1.93. The average molecular weight is 1300 g/mol. The molecule has 0 spiro atoms. The zero-order chi connectivity index (χ0) is 66.7. The lowest BCUT2D eigenvalue weighted by Gasteiger charge is -2.40. The maximum Gasteiger partial charge on any atom is 0.249 e. The summed E-state index contributed by atoms with van der Waals surface area (Å²) in [5.41, 5.74) is 0. The maximum atomic E-state index is 13.3. The third-order valence-electron chi connectivity index (χ3n) is 19.3. The van der Waals surface area contributed by atoms with Gasteiger partial charge in [-0.15, -0.1) is 0 Å². The van der Waals surface area contributed by atoms with Gasteiger partial charge in [0.05, 0.1) is 25.4 Å². The molecule has 11 heteroatoms. The number of aliphatic hydroxyl groups is 7. The first-order valence-corrected chi connectivity index (χ1v) is 40.0. The van der Waals surface area contributed by atoms with E-state index >= 15 is 0 Å². The largest absolute Gasteiger partial charge is 0.394 e. The molecule has 1 aliphatic rings. The minimum absolute atomic E-state index is 0.242. The minimum Gasteiger partial charge on any atom is -0.394 e. The normalized spacial score (nSPS) is 18.6. The van der Waals surface area contributed by atoms with E-state index in [4.69, 9.17) is 9.47 Å². The van der Waals surface area contributed by atoms with Gasteiger partial charge >= 0.3 is 0 Å². The van der Waals surface area contributed by atoms with E-state index in [1.165, 1.54) is 302 Å². The monoisotopic (exact) mass is 1300 g/mol. The van der Waals surface area contributed by atoms with Crippen molar-refractivity contribution in [1.82, 2.24) is 5.32 Å². The van der Waals surface area contributed by atoms with Crippen molar-refractivity contribution in [3.63, 3.8) is 0 Å². The number of nitrogens with one attached hydrogen (secondary N) is 1. The molecular formula is C81H153NO10. The number of hydrogen-bond donors (Lipinski definition) is 8. The number of unbranched alkanes of at least 4 members (excludes halogenated alkanes) is 51. The van der Waals surface area contributed by atoms with Gasteiger partial charge in [-0.2, -0.15) is 0 Å². The Balaban J connectivity index is 2.16. The van der Waals surface area contributed by atoms with Crippen LogP contribution in [-0.4, -0.2) is 110 Å². The molecule has 0 saturated carbocycles. The van der Waals surface area contributed by atoms with Crippen LogP contribution in [-0.2, 0) is 14.3 Å². The smallest absolute Gasteiger partial charge is 0.249 e. The lowest BCUT2D eigenvalue weighted by molar-refractivity contribution is -0.303. The number of rotatable bonds is 71. The van der Waals surface area contributed by atoms with Gasteiger partial charge in [-0.25, -0.2) is 0 Å². The van der Waals surface area contributed by atoms with Crippen LogP contribution < -0.4 is 5.32 Å². The van der Waals surface area contributed by atoms with E-state index in [0.717, 1.165) is 44.9 Å². The van der Waals surface area contributed by atoms with Crippen molar-refractivity contribution < 1.29 is 50.0 Å². The molecule has 1 rings (SSSR count). The molecule has 92 heavy (non-hydrogen) atoms. The predicted octanol–water partition coefficient (Wildman–Crippen LogP) is 20.7. The molecule has 1 amide bonds. The summed E-state index contributed by atoms with van der Waals surface area (Å²) >= 11 is 0. The van der Waals surface area contributed by atoms with Crippen LogP contribution in [0.4, 0.5) is 0 Å². The van der Waals surface area contributed by atoms with Crippen molar-refractivity contribution in [2.24, 2.45) is 0 Å². The summed E-state index contributed by atoms with van der Waals surface area (Å²) < 4.78 is 11.2. The second-order valence-electron chi connectivity index (χ2n) is 28.1. The van der Waals surface area contributed by atoms with E-state index < -0.39 is 74.2 Å². The molecule has 9 atom stereocenters. The molecule has 1 aliphatic heterocycles. The lowest BCUT2D eigenvalue weighted by Crippen LogP contribution is -2.60. The SMILES string of the molecule is CCCCCCCCCCCCCCCCCC/C=C\CCCCCCCCCCCCCCCCCCC(O)C(=O)NC(COC1OC(CO)C(O)C(O)C1O)C(O)C(O)CCC/C=C/CC/C=C/CC/C=C/CCCCCCCCCCCCCCCCCC. The van der Waals surface area contributed by atoms with E-state index in [1.807, 2.05) is 0 Å². The third kappa shape index (κ3) is 55.1. The first-order chi connectivity index (χ1) is 45.2. The van der Waals surface area contributed by atoms with E-state index in [1.54, 1.807) is 0 Å². The number of carbonyl (C=O) groups excluding carboxylic acids is 1. The Bertz CT molecular complexity index is 1640. The van der Waals surface area contributed by atoms with Gasteiger partial charge in [0.1, 0.15) is 36.6 Å². The standard InChI is InChI=1S/C81H153NO10/c1-3-5-7-9-11-13-15-17-19-21-23-25-27-29-31-33-34-35-36-37-38-39-41-43-45-47-49-51-53-55-57-59-61-63-65-67-69-74(85)80(90)82-72(71-91-81-79(89)78(88)77(87)75(70-83)92-81)76(86)73(84)68-66-64-62-60-58-56-54-52-50-48-46-44-42-40-32-30-28-26-24-22-20-18-16-14-12-10-8-6-4-2/h35-36,44,46,52,54,60,62,72-79,81,83-89H,3-34,37-43,45,47-51,53,55-59,61,63-71H2,1-2H3,(H,82,90)/b36-35-,46-44+,54-52+,62-60+. The van der Waals surface area contributed by atoms with Gasteiger partial charge in [-0.05, 0) is 89.9 Å². The van der Waals surface area contributed by atoms with Crippen molar-refractivity contribution in [2.45, 2.75) is 448 Å². The van der Waals surface area contributed by atoms with Crippen LogP contribution in [0.15, 0.2) is 48.6 Å². The fourth-order valence-electron chi connectivity index (χ4n) is 12.9. The molecule has 0 bridgehead atoms. The number of carbonyl (C=O) groups is 1. The first-order valence-electron chi connectivity index (χ1n) is 40.0. The Kier molecular flexibility index (Phi) is 66.1. The number of hydrogen-bond acceptors (Lipinski definition) is 10. The quantitative estimate of drug-likeness (QED) is 0.0215. The zero-order valence-electron chi connectivity index (χ0n) is 60.3. The van der Waals surface area contributed by atoms with Gasteiger partial charge in [0.2, 0.25) is 5.91 Å². The molecule has 0 aromatic rings. The fraction of sp³-hybridized carbons (Fsp3) is 0.889. The molecule has 1 saturated heterocycles. The molecule has 11 nitrogen and oxygen atoms in total. The second kappa shape index (κ2) is 69.0. The molecule has 0 aliphatic carbocycles. The second-order valence-corrected chi connectivity index (χ2v) is 28.1. The van der Waals surface area contributed by atoms with Crippen LogP contribution in [0.5, 0.6) is 0 Å². The van der Waals surface area contributed by atoms with Gasteiger partial charge < -0.3 is 50.5 Å². The van der Waals surface area contributed by atoms with E-state index in [9.17, 15) is 40.5 Å². The van der Waals surface area contributed by atoms with E-state index in [2.05, 4.69) is 67.8 Å². The molecule has 1 fully saturated rings. The predicted molar refractivity (Wildman–Crippen MR) is 390 cm³/mol. The van der Waals surface area contributed by atoms with Crippen molar-refractivity contribution in [1.29, 1.82) is 0 Å². The summed E-state index contributed by atoms with van der Waals surface area (Å²) in [5.74, 6) is -0.707. The molecule has 1 heterocycles. The topological polar surface area (TPSA) is 189 Å². The highest BCUT2D eigenvalue weighted by atomic mass is 16.7. The highest BCUT2D eigenvalue weighted by Gasteiger charge is 2.44. The number of ether oxygens (including phenoxy) is 2. The zero-order valence-corrected chi connectivity index (χ0v) is 60.3. The highest BCUT2D eigenvalue weighted by Crippen LogP contribution is 2.24. The maximum absolute atomic E-state index is 13.3. The number of allylic oxidation sites excluding steroid dienone is 8. The third-order valence-corrected chi connectivity index (χ3v) is 19.3. The number of amides is 1. The summed E-state index contributed by atoms with van der Waals surface area (Å²) in [4.78, 5) is 13.3. The molecule has 0 aromatic carbocycles. The van der Waals surface area contributed by atoms with Gasteiger partial charge in [-0.1, -0.05) is 351 Å². The average Bonchev–Trinajstić information content (AvgIpc) is 0.946.